The van der Waals surface area contributed by atoms with Crippen LogP contribution in [0.3, 0.4) is 0 Å². The highest BCUT2D eigenvalue weighted by atomic mass is 79.9. The average Bonchev–Trinajstić information content (AvgIpc) is 2.91. The van der Waals surface area contributed by atoms with Crippen LogP contribution in [0.15, 0.2) is 69.6 Å². The number of rotatable bonds is 4. The van der Waals surface area contributed by atoms with Gasteiger partial charge in [0.25, 0.3) is 0 Å². The van der Waals surface area contributed by atoms with Crippen LogP contribution in [-0.4, -0.2) is 45.2 Å². The first kappa shape index (κ1) is 30.2. The van der Waals surface area contributed by atoms with E-state index < -0.39 is 38.9 Å². The minimum absolute atomic E-state index is 0.00935. The number of alkyl halides is 3. The molecule has 0 aliphatic heterocycles. The second-order valence-electron chi connectivity index (χ2n) is 7.55. The number of benzene rings is 4. The van der Waals surface area contributed by atoms with E-state index in [0.29, 0.717) is 15.2 Å². The molecular formula is C25H17Br2F3O8S. The highest BCUT2D eigenvalue weighted by Gasteiger charge is 2.49. The summed E-state index contributed by atoms with van der Waals surface area (Å²) in [5, 5.41) is 11.8. The molecule has 0 spiro atoms. The minimum Gasteiger partial charge on any atom is -0.506 e. The number of esters is 2. The zero-order valence-electron chi connectivity index (χ0n) is 19.9. The quantitative estimate of drug-likeness (QED) is 0.142. The summed E-state index contributed by atoms with van der Waals surface area (Å²) < 4.78 is 74.7. The number of ether oxygens (including phenoxy) is 2. The largest absolute Gasteiger partial charge is 0.534 e. The van der Waals surface area contributed by atoms with Gasteiger partial charge in [-0.15, -0.1) is 0 Å². The number of phenols is 1. The van der Waals surface area contributed by atoms with Gasteiger partial charge < -0.3 is 18.8 Å². The fourth-order valence-electron chi connectivity index (χ4n) is 3.39. The van der Waals surface area contributed by atoms with E-state index in [9.17, 15) is 36.3 Å². The van der Waals surface area contributed by atoms with E-state index in [1.54, 1.807) is 24.3 Å². The third-order valence-corrected chi connectivity index (χ3v) is 7.46. The molecule has 4 aromatic rings. The van der Waals surface area contributed by atoms with Crippen molar-refractivity contribution in [3.05, 3.63) is 80.7 Å². The number of hydrogen-bond donors (Lipinski definition) is 1. The third-order valence-electron chi connectivity index (χ3n) is 5.20. The van der Waals surface area contributed by atoms with Crippen molar-refractivity contribution >= 4 is 75.5 Å². The molecule has 1 N–H and O–H groups in total. The van der Waals surface area contributed by atoms with E-state index >= 15 is 0 Å². The lowest BCUT2D eigenvalue weighted by molar-refractivity contribution is -0.0500. The standard InChI is InChI=1S/C13H8BrF3O5S.C12H9BrO3/c1-21-12(18)9-6-10(14)7-4-2-3-5-8(7)11(9)22-23(19,20)13(15,16)17;1-16-12(15)9-6-10(13)7-4-2-3-5-8(7)11(9)14/h2-6H,1H3;2-6,14H,1H3. The van der Waals surface area contributed by atoms with Gasteiger partial charge in [0.05, 0.1) is 14.2 Å². The zero-order chi connectivity index (χ0) is 29.1. The molecule has 0 bridgehead atoms. The van der Waals surface area contributed by atoms with Gasteiger partial charge in [0, 0.05) is 19.7 Å². The van der Waals surface area contributed by atoms with Crippen LogP contribution in [-0.2, 0) is 19.6 Å². The van der Waals surface area contributed by atoms with E-state index in [2.05, 4.69) is 45.5 Å². The number of methoxy groups -OCH3 is 2. The second kappa shape index (κ2) is 11.8. The van der Waals surface area contributed by atoms with E-state index in [1.807, 2.05) is 12.1 Å². The molecule has 0 aliphatic rings. The Bertz CT molecular complexity index is 1690. The number of halogens is 5. The summed E-state index contributed by atoms with van der Waals surface area (Å²) in [5.41, 5.74) is -5.92. The van der Waals surface area contributed by atoms with E-state index in [0.717, 1.165) is 23.0 Å². The molecule has 4 rings (SSSR count). The maximum Gasteiger partial charge on any atom is 0.534 e. The number of aromatic hydroxyl groups is 1. The Balaban J connectivity index is 0.000000230. The second-order valence-corrected chi connectivity index (χ2v) is 10.8. The summed E-state index contributed by atoms with van der Waals surface area (Å²) in [5.74, 6) is -2.38. The minimum atomic E-state index is -5.94. The van der Waals surface area contributed by atoms with Gasteiger partial charge in [0.1, 0.15) is 16.9 Å². The van der Waals surface area contributed by atoms with Gasteiger partial charge in [0.2, 0.25) is 0 Å². The Morgan fingerprint density at radius 2 is 1.18 bits per heavy atom. The fraction of sp³-hybridized carbons (Fsp3) is 0.120. The molecule has 0 aromatic heterocycles. The highest BCUT2D eigenvalue weighted by molar-refractivity contribution is 9.11. The third kappa shape index (κ3) is 6.28. The van der Waals surface area contributed by atoms with Crippen LogP contribution in [0, 0.1) is 0 Å². The summed E-state index contributed by atoms with van der Waals surface area (Å²) in [6.07, 6.45) is 0. The van der Waals surface area contributed by atoms with Crippen LogP contribution < -0.4 is 4.18 Å². The van der Waals surface area contributed by atoms with Gasteiger partial charge in [-0.2, -0.15) is 21.6 Å². The lowest BCUT2D eigenvalue weighted by Gasteiger charge is -2.15. The topological polar surface area (TPSA) is 116 Å². The van der Waals surface area contributed by atoms with Crippen LogP contribution >= 0.6 is 31.9 Å². The normalized spacial score (nSPS) is 11.5. The maximum absolute atomic E-state index is 12.6. The lowest BCUT2D eigenvalue weighted by atomic mass is 10.1. The van der Waals surface area contributed by atoms with Crippen LogP contribution in [0.2, 0.25) is 0 Å². The fourth-order valence-corrected chi connectivity index (χ4v) is 5.04. The van der Waals surface area contributed by atoms with Gasteiger partial charge >= 0.3 is 27.6 Å². The Hall–Kier alpha value is -3.36. The lowest BCUT2D eigenvalue weighted by Crippen LogP contribution is -2.28. The molecule has 8 nitrogen and oxygen atoms in total. The SMILES string of the molecule is COC(=O)c1cc(Br)c2ccccc2c1O.COC(=O)c1cc(Br)c2ccccc2c1OS(=O)(=O)C(F)(F)F. The molecule has 0 amide bonds. The Labute approximate surface area is 236 Å². The first-order chi connectivity index (χ1) is 18.2. The first-order valence-electron chi connectivity index (χ1n) is 10.5. The summed E-state index contributed by atoms with van der Waals surface area (Å²) in [6.45, 7) is 0. The van der Waals surface area contributed by atoms with Crippen molar-refractivity contribution in [3.63, 3.8) is 0 Å². The molecular weight excluding hydrogens is 677 g/mol. The van der Waals surface area contributed by atoms with Crippen molar-refractivity contribution in [2.45, 2.75) is 5.51 Å². The van der Waals surface area contributed by atoms with Crippen molar-refractivity contribution in [2.75, 3.05) is 14.2 Å². The molecule has 0 heterocycles. The molecule has 0 saturated carbocycles. The predicted molar refractivity (Wildman–Crippen MR) is 143 cm³/mol. The number of fused-ring (bicyclic) bond motifs is 2. The smallest absolute Gasteiger partial charge is 0.506 e. The molecule has 0 saturated heterocycles. The average molecular weight is 694 g/mol. The number of carbonyl (C=O) groups excluding carboxylic acids is 2. The highest BCUT2D eigenvalue weighted by Crippen LogP contribution is 2.39. The van der Waals surface area contributed by atoms with Gasteiger partial charge in [0.15, 0.2) is 5.75 Å². The Morgan fingerprint density at radius 1 is 0.769 bits per heavy atom. The van der Waals surface area contributed by atoms with Crippen LogP contribution in [0.4, 0.5) is 13.2 Å². The molecule has 0 fully saturated rings. The van der Waals surface area contributed by atoms with Gasteiger partial charge in [-0.1, -0.05) is 80.4 Å². The summed E-state index contributed by atoms with van der Waals surface area (Å²) in [4.78, 5) is 23.2. The summed E-state index contributed by atoms with van der Waals surface area (Å²) in [6, 6.07) is 15.9. The van der Waals surface area contributed by atoms with Crippen LogP contribution in [0.1, 0.15) is 20.7 Å². The molecule has 0 unspecified atom stereocenters. The van der Waals surface area contributed by atoms with E-state index in [-0.39, 0.29) is 16.7 Å². The maximum atomic E-state index is 12.6. The van der Waals surface area contributed by atoms with E-state index in [4.69, 9.17) is 0 Å². The molecule has 206 valence electrons. The monoisotopic (exact) mass is 692 g/mol. The van der Waals surface area contributed by atoms with Crippen molar-refractivity contribution in [3.8, 4) is 11.5 Å². The van der Waals surface area contributed by atoms with Gasteiger partial charge in [-0.3, -0.25) is 0 Å². The van der Waals surface area contributed by atoms with Crippen molar-refractivity contribution < 1.29 is 49.9 Å². The van der Waals surface area contributed by atoms with Gasteiger partial charge in [-0.25, -0.2) is 9.59 Å². The zero-order valence-corrected chi connectivity index (χ0v) is 23.9. The number of phenolic OH excluding ortho intramolecular Hbond substituents is 1. The molecule has 4 aromatic carbocycles. The predicted octanol–water partition coefficient (Wildman–Crippen LogP) is 6.71. The Morgan fingerprint density at radius 3 is 1.67 bits per heavy atom. The van der Waals surface area contributed by atoms with Crippen LogP contribution in [0.25, 0.3) is 21.5 Å². The van der Waals surface area contributed by atoms with Crippen molar-refractivity contribution in [1.29, 1.82) is 0 Å². The molecule has 0 aliphatic carbocycles. The van der Waals surface area contributed by atoms with Crippen LogP contribution in [0.5, 0.6) is 11.5 Å². The van der Waals surface area contributed by atoms with E-state index in [1.165, 1.54) is 25.3 Å². The first-order valence-corrected chi connectivity index (χ1v) is 13.5. The number of carbonyl (C=O) groups is 2. The molecule has 14 heteroatoms. The molecule has 0 radical (unpaired) electrons. The Kier molecular flexibility index (Phi) is 9.13. The number of hydrogen-bond acceptors (Lipinski definition) is 8. The molecule has 39 heavy (non-hydrogen) atoms. The molecule has 0 atom stereocenters. The van der Waals surface area contributed by atoms with Gasteiger partial charge in [-0.05, 0) is 22.9 Å². The summed E-state index contributed by atoms with van der Waals surface area (Å²) >= 11 is 6.52. The van der Waals surface area contributed by atoms with Crippen molar-refractivity contribution in [1.82, 2.24) is 0 Å². The summed E-state index contributed by atoms with van der Waals surface area (Å²) in [7, 11) is -3.65. The van der Waals surface area contributed by atoms with Crippen molar-refractivity contribution in [2.24, 2.45) is 0 Å².